The van der Waals surface area contributed by atoms with Crippen molar-refractivity contribution < 1.29 is 14.4 Å². The summed E-state index contributed by atoms with van der Waals surface area (Å²) >= 11 is 0. The van der Waals surface area contributed by atoms with Crippen molar-refractivity contribution in [2.75, 3.05) is 11.4 Å². The molecule has 6 atom stereocenters. The molecule has 168 valence electrons. The van der Waals surface area contributed by atoms with E-state index in [0.29, 0.717) is 18.4 Å². The Morgan fingerprint density at radius 1 is 1.19 bits per heavy atom. The maximum atomic E-state index is 13.0. The van der Waals surface area contributed by atoms with Gasteiger partial charge in [0, 0.05) is 36.7 Å². The molecule has 6 heteroatoms. The van der Waals surface area contributed by atoms with E-state index in [4.69, 9.17) is 0 Å². The molecule has 1 aromatic carbocycles. The molecule has 3 fully saturated rings. The van der Waals surface area contributed by atoms with Crippen molar-refractivity contribution in [2.24, 2.45) is 23.7 Å². The van der Waals surface area contributed by atoms with Crippen LogP contribution < -0.4 is 15.5 Å². The predicted molar refractivity (Wildman–Crippen MR) is 121 cm³/mol. The van der Waals surface area contributed by atoms with Crippen LogP contribution in [-0.2, 0) is 14.4 Å². The zero-order valence-electron chi connectivity index (χ0n) is 19.1. The van der Waals surface area contributed by atoms with Crippen molar-refractivity contribution >= 4 is 23.4 Å². The molecule has 1 aliphatic carbocycles. The number of nitrogens with zero attached hydrogens (tertiary/aromatic N) is 1. The van der Waals surface area contributed by atoms with Gasteiger partial charge in [-0.05, 0) is 74.6 Å². The van der Waals surface area contributed by atoms with Gasteiger partial charge in [-0.25, -0.2) is 0 Å². The Morgan fingerprint density at radius 2 is 1.97 bits per heavy atom. The highest BCUT2D eigenvalue weighted by Gasteiger charge is 2.44. The number of amides is 3. The van der Waals surface area contributed by atoms with Gasteiger partial charge in [0.2, 0.25) is 17.7 Å². The maximum Gasteiger partial charge on any atom is 0.227 e. The number of rotatable bonds is 4. The van der Waals surface area contributed by atoms with Crippen molar-refractivity contribution in [2.45, 2.75) is 71.9 Å². The highest BCUT2D eigenvalue weighted by molar-refractivity contribution is 6.00. The lowest BCUT2D eigenvalue weighted by Gasteiger charge is -2.46. The first-order valence-corrected chi connectivity index (χ1v) is 11.8. The van der Waals surface area contributed by atoms with E-state index in [1.165, 1.54) is 5.56 Å². The SMILES string of the molecule is CCC1C(=O)NC2CC(NC(=O)C3CC(=O)N(c4ccc(C)c(C)c4)C3)CCC2C1C. The molecule has 4 rings (SSSR count). The molecule has 0 bridgehead atoms. The van der Waals surface area contributed by atoms with Crippen LogP contribution in [-0.4, -0.2) is 36.3 Å². The summed E-state index contributed by atoms with van der Waals surface area (Å²) in [7, 11) is 0. The average molecular weight is 426 g/mol. The number of fused-ring (bicyclic) bond motifs is 1. The van der Waals surface area contributed by atoms with Crippen LogP contribution in [0.15, 0.2) is 18.2 Å². The summed E-state index contributed by atoms with van der Waals surface area (Å²) in [6.45, 7) is 8.80. The van der Waals surface area contributed by atoms with Gasteiger partial charge >= 0.3 is 0 Å². The standard InChI is InChI=1S/C25H35N3O3/c1-5-20-16(4)21-9-7-18(12-22(21)27-25(20)31)26-24(30)17-11-23(29)28(13-17)19-8-6-14(2)15(3)10-19/h6,8,10,16-18,20-22H,5,7,9,11-13H2,1-4H3,(H,26,30)(H,27,31). The monoisotopic (exact) mass is 425 g/mol. The van der Waals surface area contributed by atoms with Gasteiger partial charge in [-0.1, -0.05) is 19.9 Å². The number of hydrogen-bond acceptors (Lipinski definition) is 3. The van der Waals surface area contributed by atoms with Crippen LogP contribution in [0.1, 0.15) is 57.1 Å². The highest BCUT2D eigenvalue weighted by Crippen LogP contribution is 2.39. The number of carbonyl (C=O) groups excluding carboxylic acids is 3. The van der Waals surface area contributed by atoms with E-state index >= 15 is 0 Å². The molecule has 3 amide bonds. The molecule has 2 saturated heterocycles. The molecule has 31 heavy (non-hydrogen) atoms. The fraction of sp³-hybridized carbons (Fsp3) is 0.640. The Labute approximate surface area is 185 Å². The zero-order chi connectivity index (χ0) is 22.3. The summed E-state index contributed by atoms with van der Waals surface area (Å²) in [5.74, 6) is 0.789. The average Bonchev–Trinajstić information content (AvgIpc) is 3.12. The first-order chi connectivity index (χ1) is 14.8. The topological polar surface area (TPSA) is 78.5 Å². The summed E-state index contributed by atoms with van der Waals surface area (Å²) in [5.41, 5.74) is 3.20. The number of anilines is 1. The zero-order valence-corrected chi connectivity index (χ0v) is 19.1. The van der Waals surface area contributed by atoms with E-state index in [2.05, 4.69) is 24.5 Å². The third-order valence-electron chi connectivity index (χ3n) is 7.96. The van der Waals surface area contributed by atoms with Crippen LogP contribution in [0.25, 0.3) is 0 Å². The first kappa shape index (κ1) is 21.8. The van der Waals surface area contributed by atoms with E-state index in [1.54, 1.807) is 4.90 Å². The molecule has 3 aliphatic rings. The third kappa shape index (κ3) is 4.21. The minimum Gasteiger partial charge on any atom is -0.353 e. The summed E-state index contributed by atoms with van der Waals surface area (Å²) < 4.78 is 0. The smallest absolute Gasteiger partial charge is 0.227 e. The normalized spacial score (nSPS) is 33.1. The van der Waals surface area contributed by atoms with Crippen molar-refractivity contribution in [1.82, 2.24) is 10.6 Å². The van der Waals surface area contributed by atoms with Crippen molar-refractivity contribution in [3.05, 3.63) is 29.3 Å². The number of carbonyl (C=O) groups is 3. The van der Waals surface area contributed by atoms with Crippen LogP contribution in [0.4, 0.5) is 5.69 Å². The third-order valence-corrected chi connectivity index (χ3v) is 7.96. The summed E-state index contributed by atoms with van der Waals surface area (Å²) in [6.07, 6.45) is 3.87. The molecule has 0 radical (unpaired) electrons. The Hall–Kier alpha value is -2.37. The van der Waals surface area contributed by atoms with E-state index in [-0.39, 0.29) is 48.1 Å². The van der Waals surface area contributed by atoms with Crippen LogP contribution in [0, 0.1) is 37.5 Å². The molecule has 2 aliphatic heterocycles. The Bertz CT molecular complexity index is 883. The fourth-order valence-electron chi connectivity index (χ4n) is 5.85. The van der Waals surface area contributed by atoms with Gasteiger partial charge in [0.05, 0.1) is 5.92 Å². The summed E-state index contributed by atoms with van der Waals surface area (Å²) in [5, 5.41) is 6.41. The second-order valence-electron chi connectivity index (χ2n) is 9.85. The second kappa shape index (κ2) is 8.64. The fourth-order valence-corrected chi connectivity index (χ4v) is 5.85. The quantitative estimate of drug-likeness (QED) is 0.778. The number of hydrogen-bond donors (Lipinski definition) is 2. The minimum absolute atomic E-state index is 0.00564. The second-order valence-corrected chi connectivity index (χ2v) is 9.85. The number of benzene rings is 1. The minimum atomic E-state index is -0.323. The predicted octanol–water partition coefficient (Wildman–Crippen LogP) is 3.10. The molecule has 2 N–H and O–H groups in total. The van der Waals surface area contributed by atoms with E-state index in [0.717, 1.165) is 36.9 Å². The van der Waals surface area contributed by atoms with Crippen LogP contribution >= 0.6 is 0 Å². The van der Waals surface area contributed by atoms with Crippen LogP contribution in [0.5, 0.6) is 0 Å². The molecular weight excluding hydrogens is 390 g/mol. The Morgan fingerprint density at radius 3 is 2.68 bits per heavy atom. The highest BCUT2D eigenvalue weighted by atomic mass is 16.2. The van der Waals surface area contributed by atoms with Crippen LogP contribution in [0.3, 0.4) is 0 Å². The van der Waals surface area contributed by atoms with Gasteiger partial charge < -0.3 is 15.5 Å². The Balaban J connectivity index is 1.35. The Kier molecular flexibility index (Phi) is 6.09. The van der Waals surface area contributed by atoms with Gasteiger partial charge in [-0.2, -0.15) is 0 Å². The molecule has 1 aromatic rings. The molecule has 0 aromatic heterocycles. The lowest BCUT2D eigenvalue weighted by atomic mass is 9.67. The van der Waals surface area contributed by atoms with Crippen molar-refractivity contribution in [3.8, 4) is 0 Å². The molecular formula is C25H35N3O3. The number of aryl methyl sites for hydroxylation is 2. The van der Waals surface area contributed by atoms with Crippen LogP contribution in [0.2, 0.25) is 0 Å². The van der Waals surface area contributed by atoms with Gasteiger partial charge in [0.15, 0.2) is 0 Å². The first-order valence-electron chi connectivity index (χ1n) is 11.8. The van der Waals surface area contributed by atoms with E-state index in [9.17, 15) is 14.4 Å². The van der Waals surface area contributed by atoms with Gasteiger partial charge in [-0.15, -0.1) is 0 Å². The van der Waals surface area contributed by atoms with E-state index < -0.39 is 0 Å². The summed E-state index contributed by atoms with van der Waals surface area (Å²) in [4.78, 5) is 39.7. The van der Waals surface area contributed by atoms with E-state index in [1.807, 2.05) is 32.0 Å². The van der Waals surface area contributed by atoms with Gasteiger partial charge in [-0.3, -0.25) is 14.4 Å². The largest absolute Gasteiger partial charge is 0.353 e. The lowest BCUT2D eigenvalue weighted by Crippen LogP contribution is -2.58. The maximum absolute atomic E-state index is 13.0. The van der Waals surface area contributed by atoms with Crippen molar-refractivity contribution in [1.29, 1.82) is 0 Å². The molecule has 6 unspecified atom stereocenters. The number of piperidine rings is 1. The molecule has 2 heterocycles. The lowest BCUT2D eigenvalue weighted by molar-refractivity contribution is -0.133. The van der Waals surface area contributed by atoms with Gasteiger partial charge in [0.1, 0.15) is 0 Å². The summed E-state index contributed by atoms with van der Waals surface area (Å²) in [6, 6.07) is 6.20. The number of nitrogens with one attached hydrogen (secondary N) is 2. The van der Waals surface area contributed by atoms with Gasteiger partial charge in [0.25, 0.3) is 0 Å². The van der Waals surface area contributed by atoms with Crippen molar-refractivity contribution in [3.63, 3.8) is 0 Å². The molecule has 0 spiro atoms. The molecule has 1 saturated carbocycles. The molecule has 6 nitrogen and oxygen atoms in total.